The first kappa shape index (κ1) is 21.3. The molecule has 0 N–H and O–H groups in total. The Labute approximate surface area is 165 Å². The number of ether oxygens (including phenoxy) is 3. The first-order chi connectivity index (χ1) is 13.6. The molecular weight excluding hydrogens is 358 g/mol. The van der Waals surface area contributed by atoms with Crippen LogP contribution in [0.5, 0.6) is 0 Å². The third-order valence-corrected chi connectivity index (χ3v) is 4.14. The lowest BCUT2D eigenvalue weighted by atomic mass is 10.1. The summed E-state index contributed by atoms with van der Waals surface area (Å²) in [5, 5.41) is 0. The normalized spacial score (nSPS) is 13.2. The molecule has 0 aliphatic heterocycles. The number of carbonyl (C=O) groups is 2. The number of rotatable bonds is 11. The molecule has 0 saturated heterocycles. The minimum Gasteiger partial charge on any atom is -0.466 e. The number of benzene rings is 2. The molecule has 0 spiro atoms. The van der Waals surface area contributed by atoms with E-state index in [0.717, 1.165) is 23.5 Å². The Morgan fingerprint density at radius 3 is 1.93 bits per heavy atom. The lowest BCUT2D eigenvalue weighted by Crippen LogP contribution is -2.46. The maximum Gasteiger partial charge on any atom is 0.333 e. The number of esters is 1. The Morgan fingerprint density at radius 1 is 0.964 bits per heavy atom. The van der Waals surface area contributed by atoms with E-state index in [2.05, 4.69) is 9.64 Å². The minimum atomic E-state index is -1.55. The fraction of sp³-hybridized carbons (Fsp3) is 0.273. The van der Waals surface area contributed by atoms with Crippen molar-refractivity contribution in [1.82, 2.24) is 4.90 Å². The lowest BCUT2D eigenvalue weighted by Gasteiger charge is -2.32. The van der Waals surface area contributed by atoms with Gasteiger partial charge in [0.05, 0.1) is 26.0 Å². The molecule has 6 heteroatoms. The summed E-state index contributed by atoms with van der Waals surface area (Å²) >= 11 is 0. The Balaban J connectivity index is 2.19. The zero-order chi connectivity index (χ0) is 20.2. The van der Waals surface area contributed by atoms with E-state index in [1.54, 1.807) is 0 Å². The van der Waals surface area contributed by atoms with Crippen LogP contribution < -0.4 is 0 Å². The Kier molecular flexibility index (Phi) is 8.39. The molecule has 0 bridgehead atoms. The predicted octanol–water partition coefficient (Wildman–Crippen LogP) is 2.93. The molecular formula is C22H25NO5. The van der Waals surface area contributed by atoms with Gasteiger partial charge in [-0.15, -0.1) is 0 Å². The van der Waals surface area contributed by atoms with Gasteiger partial charge in [0.25, 0.3) is 5.79 Å². The van der Waals surface area contributed by atoms with Crippen LogP contribution in [0.15, 0.2) is 73.0 Å². The van der Waals surface area contributed by atoms with E-state index < -0.39 is 11.8 Å². The highest BCUT2D eigenvalue weighted by molar-refractivity contribution is 5.81. The van der Waals surface area contributed by atoms with Crippen molar-refractivity contribution in [2.75, 3.05) is 20.8 Å². The van der Waals surface area contributed by atoms with E-state index in [1.807, 2.05) is 60.7 Å². The van der Waals surface area contributed by atoms with Crippen molar-refractivity contribution in [3.63, 3.8) is 0 Å². The van der Waals surface area contributed by atoms with Gasteiger partial charge in [-0.1, -0.05) is 60.7 Å². The summed E-state index contributed by atoms with van der Waals surface area (Å²) in [7, 11) is 2.65. The van der Waals surface area contributed by atoms with Crippen LogP contribution in [0.4, 0.5) is 0 Å². The molecule has 2 aromatic rings. The standard InChI is InChI=1S/C22H25NO5/c1-26-21(25)13-14-28-22(18-24,27-2)17-23(15-19-9-5-3-6-10-19)16-20-11-7-4-8-12-20/h3-14,18H,15-17H2,1-2H3/t22-/m0/s1. The second-order valence-electron chi connectivity index (χ2n) is 6.19. The number of methoxy groups -OCH3 is 2. The Hall–Kier alpha value is -2.96. The summed E-state index contributed by atoms with van der Waals surface area (Å²) < 4.78 is 15.4. The van der Waals surface area contributed by atoms with Gasteiger partial charge < -0.3 is 14.2 Å². The fourth-order valence-corrected chi connectivity index (χ4v) is 2.70. The average Bonchev–Trinajstić information content (AvgIpc) is 2.74. The molecule has 0 amide bonds. The Morgan fingerprint density at radius 2 is 1.50 bits per heavy atom. The van der Waals surface area contributed by atoms with E-state index >= 15 is 0 Å². The minimum absolute atomic E-state index is 0.169. The smallest absolute Gasteiger partial charge is 0.333 e. The van der Waals surface area contributed by atoms with Crippen LogP contribution in [0.1, 0.15) is 11.1 Å². The summed E-state index contributed by atoms with van der Waals surface area (Å²) in [5.74, 6) is -2.13. The molecule has 28 heavy (non-hydrogen) atoms. The van der Waals surface area contributed by atoms with Crippen molar-refractivity contribution < 1.29 is 23.8 Å². The van der Waals surface area contributed by atoms with E-state index in [0.29, 0.717) is 19.4 Å². The van der Waals surface area contributed by atoms with Crippen LogP contribution >= 0.6 is 0 Å². The summed E-state index contributed by atoms with van der Waals surface area (Å²) in [4.78, 5) is 25.1. The van der Waals surface area contributed by atoms with Crippen LogP contribution in [-0.2, 0) is 36.9 Å². The van der Waals surface area contributed by atoms with E-state index in [4.69, 9.17) is 9.47 Å². The molecule has 0 fully saturated rings. The summed E-state index contributed by atoms with van der Waals surface area (Å²) in [5.41, 5.74) is 2.19. The van der Waals surface area contributed by atoms with Gasteiger partial charge in [-0.25, -0.2) is 4.79 Å². The highest BCUT2D eigenvalue weighted by Crippen LogP contribution is 2.18. The second kappa shape index (κ2) is 11.0. The van der Waals surface area contributed by atoms with Crippen LogP contribution in [0.3, 0.4) is 0 Å². The largest absolute Gasteiger partial charge is 0.466 e. The first-order valence-electron chi connectivity index (χ1n) is 8.85. The highest BCUT2D eigenvalue weighted by atomic mass is 16.7. The zero-order valence-electron chi connectivity index (χ0n) is 16.1. The summed E-state index contributed by atoms with van der Waals surface area (Å²) in [6.07, 6.45) is 2.81. The molecule has 0 saturated carbocycles. The maximum atomic E-state index is 11.8. The van der Waals surface area contributed by atoms with Gasteiger partial charge in [-0.3, -0.25) is 9.69 Å². The molecule has 0 aliphatic rings. The van der Waals surface area contributed by atoms with Crippen LogP contribution in [0, 0.1) is 0 Å². The van der Waals surface area contributed by atoms with Gasteiger partial charge in [0.2, 0.25) is 0 Å². The lowest BCUT2D eigenvalue weighted by molar-refractivity contribution is -0.193. The van der Waals surface area contributed by atoms with Crippen molar-refractivity contribution >= 4 is 12.3 Å². The quantitative estimate of drug-likeness (QED) is 0.195. The molecule has 0 aromatic heterocycles. The number of aldehydes is 1. The van der Waals surface area contributed by atoms with E-state index in [-0.39, 0.29) is 6.54 Å². The average molecular weight is 383 g/mol. The Bertz CT molecular complexity index is 722. The van der Waals surface area contributed by atoms with Crippen molar-refractivity contribution in [2.45, 2.75) is 18.9 Å². The van der Waals surface area contributed by atoms with Gasteiger partial charge in [0.1, 0.15) is 0 Å². The highest BCUT2D eigenvalue weighted by Gasteiger charge is 2.33. The molecule has 2 aromatic carbocycles. The van der Waals surface area contributed by atoms with Gasteiger partial charge in [-0.05, 0) is 11.1 Å². The van der Waals surface area contributed by atoms with E-state index in [1.165, 1.54) is 14.2 Å². The van der Waals surface area contributed by atoms with Gasteiger partial charge in [-0.2, -0.15) is 0 Å². The summed E-state index contributed by atoms with van der Waals surface area (Å²) in [6.45, 7) is 1.36. The molecule has 2 rings (SSSR count). The fourth-order valence-electron chi connectivity index (χ4n) is 2.70. The van der Waals surface area contributed by atoms with Crippen molar-refractivity contribution in [3.05, 3.63) is 84.1 Å². The third-order valence-electron chi connectivity index (χ3n) is 4.14. The van der Waals surface area contributed by atoms with Crippen LogP contribution in [-0.4, -0.2) is 43.7 Å². The molecule has 148 valence electrons. The molecule has 0 radical (unpaired) electrons. The third kappa shape index (κ3) is 6.64. The van der Waals surface area contributed by atoms with Gasteiger partial charge in [0, 0.05) is 20.2 Å². The molecule has 6 nitrogen and oxygen atoms in total. The van der Waals surface area contributed by atoms with Crippen molar-refractivity contribution in [3.8, 4) is 0 Å². The molecule has 0 aliphatic carbocycles. The number of nitrogens with zero attached hydrogens (tertiary/aromatic N) is 1. The zero-order valence-corrected chi connectivity index (χ0v) is 16.1. The van der Waals surface area contributed by atoms with Crippen molar-refractivity contribution in [1.29, 1.82) is 0 Å². The molecule has 0 unspecified atom stereocenters. The van der Waals surface area contributed by atoms with Crippen molar-refractivity contribution in [2.24, 2.45) is 0 Å². The van der Waals surface area contributed by atoms with E-state index in [9.17, 15) is 9.59 Å². The number of carbonyl (C=O) groups excluding carboxylic acids is 2. The van der Waals surface area contributed by atoms with Gasteiger partial charge in [0.15, 0.2) is 6.29 Å². The monoisotopic (exact) mass is 383 g/mol. The molecule has 0 heterocycles. The van der Waals surface area contributed by atoms with Gasteiger partial charge >= 0.3 is 5.97 Å². The number of hydrogen-bond acceptors (Lipinski definition) is 6. The second-order valence-corrected chi connectivity index (χ2v) is 6.19. The number of hydrogen-bond donors (Lipinski definition) is 0. The SMILES string of the molecule is COC(=O)C=CO[C@](C=O)(CN(Cc1ccccc1)Cc1ccccc1)OC. The predicted molar refractivity (Wildman–Crippen MR) is 105 cm³/mol. The summed E-state index contributed by atoms with van der Waals surface area (Å²) in [6, 6.07) is 19.9. The van der Waals surface area contributed by atoms with Crippen LogP contribution in [0.25, 0.3) is 0 Å². The van der Waals surface area contributed by atoms with Crippen LogP contribution in [0.2, 0.25) is 0 Å². The molecule has 1 atom stereocenters. The topological polar surface area (TPSA) is 65.1 Å². The maximum absolute atomic E-state index is 11.8. The first-order valence-corrected chi connectivity index (χ1v) is 8.85.